The summed E-state index contributed by atoms with van der Waals surface area (Å²) in [6, 6.07) is 0. The molecule has 5 unspecified atom stereocenters. The number of unbranched alkanes of at least 4 members (excludes halogenated alkanes) is 26. The van der Waals surface area contributed by atoms with E-state index in [-0.39, 0.29) is 19.3 Å². The summed E-state index contributed by atoms with van der Waals surface area (Å²) in [6.45, 7) is 2.43. The second-order valence-electron chi connectivity index (χ2n) is 24.4. The van der Waals surface area contributed by atoms with Crippen molar-refractivity contribution in [1.82, 2.24) is 0 Å². The van der Waals surface area contributed by atoms with Crippen molar-refractivity contribution in [1.29, 1.82) is 0 Å². The number of rotatable bonds is 69. The molecule has 0 heterocycles. The molecule has 0 aromatic carbocycles. The Kier molecular flexibility index (Phi) is 66.9. The molecular formula is C77H132O16P2. The van der Waals surface area contributed by atoms with Gasteiger partial charge in [0.2, 0.25) is 0 Å². The van der Waals surface area contributed by atoms with Gasteiger partial charge in [-0.1, -0.05) is 264 Å². The largest absolute Gasteiger partial charge is 0.472 e. The molecule has 0 amide bonds. The topological polar surface area (TPSA) is 231 Å². The van der Waals surface area contributed by atoms with Crippen LogP contribution in [0.4, 0.5) is 0 Å². The van der Waals surface area contributed by atoms with Crippen molar-refractivity contribution in [3.63, 3.8) is 0 Å². The van der Waals surface area contributed by atoms with E-state index in [2.05, 4.69) is 142 Å². The van der Waals surface area contributed by atoms with E-state index in [1.165, 1.54) is 96.3 Å². The number of aliphatic hydroxyl groups excluding tert-OH is 2. The van der Waals surface area contributed by atoms with Crippen LogP contribution < -0.4 is 0 Å². The molecule has 0 fully saturated rings. The average molecular weight is 1380 g/mol. The Morgan fingerprint density at radius 1 is 0.305 bits per heavy atom. The van der Waals surface area contributed by atoms with Crippen LogP contribution in [-0.4, -0.2) is 95.9 Å². The molecule has 95 heavy (non-hydrogen) atoms. The minimum absolute atomic E-state index is 0.0841. The SMILES string of the molecule is CC/C=C\C/C=C\C/C=C\C/C=C\C/C=C\CCCCCC(=O)OCC(COP(=O)(O)OCC(O)COP(=O)(O)OCC(O)COC(=O)CCCCCCCCCCCCCCC/C=C\C/C=C\C/C=C\C/C=C\CCCCC)OC(=O)CCCCCCC/C=C\CCCC. The molecule has 0 radical (unpaired) electrons. The van der Waals surface area contributed by atoms with Crippen LogP contribution in [0, 0.1) is 0 Å². The molecule has 0 aromatic rings. The fourth-order valence-electron chi connectivity index (χ4n) is 9.50. The van der Waals surface area contributed by atoms with E-state index >= 15 is 0 Å². The third-order valence-corrected chi connectivity index (χ3v) is 17.0. The van der Waals surface area contributed by atoms with Gasteiger partial charge in [0.25, 0.3) is 0 Å². The van der Waals surface area contributed by atoms with Crippen LogP contribution in [0.1, 0.15) is 290 Å². The lowest BCUT2D eigenvalue weighted by Gasteiger charge is -2.21. The van der Waals surface area contributed by atoms with E-state index < -0.39 is 91.5 Å². The van der Waals surface area contributed by atoms with E-state index in [0.717, 1.165) is 135 Å². The summed E-state index contributed by atoms with van der Waals surface area (Å²) in [5.41, 5.74) is 0. The number of carbonyl (C=O) groups excluding carboxylic acids is 3. The Labute approximate surface area is 576 Å². The highest BCUT2D eigenvalue weighted by Crippen LogP contribution is 2.45. The van der Waals surface area contributed by atoms with E-state index in [1.54, 1.807) is 0 Å². The zero-order chi connectivity index (χ0) is 69.5. The number of carbonyl (C=O) groups is 3. The number of phosphoric acid groups is 2. The van der Waals surface area contributed by atoms with Crippen LogP contribution in [-0.2, 0) is 55.8 Å². The number of hydrogen-bond acceptors (Lipinski definition) is 14. The van der Waals surface area contributed by atoms with Gasteiger partial charge in [0, 0.05) is 19.3 Å². The van der Waals surface area contributed by atoms with Gasteiger partial charge in [-0.2, -0.15) is 0 Å². The highest BCUT2D eigenvalue weighted by molar-refractivity contribution is 7.47. The highest BCUT2D eigenvalue weighted by atomic mass is 31.2. The number of allylic oxidation sites excluding steroid dienone is 20. The third kappa shape index (κ3) is 71.1. The van der Waals surface area contributed by atoms with Gasteiger partial charge in [-0.3, -0.25) is 32.5 Å². The maximum Gasteiger partial charge on any atom is 0.472 e. The summed E-state index contributed by atoms with van der Waals surface area (Å²) in [5, 5.41) is 20.6. The van der Waals surface area contributed by atoms with Gasteiger partial charge >= 0.3 is 33.6 Å². The van der Waals surface area contributed by atoms with E-state index in [0.29, 0.717) is 19.3 Å². The minimum atomic E-state index is -4.93. The first kappa shape index (κ1) is 91.0. The molecule has 4 N–H and O–H groups in total. The highest BCUT2D eigenvalue weighted by Gasteiger charge is 2.29. The van der Waals surface area contributed by atoms with Gasteiger partial charge in [-0.25, -0.2) is 9.13 Å². The van der Waals surface area contributed by atoms with Gasteiger partial charge < -0.3 is 34.2 Å². The number of phosphoric ester groups is 2. The van der Waals surface area contributed by atoms with Crippen LogP contribution in [0.2, 0.25) is 0 Å². The molecule has 0 aliphatic rings. The monoisotopic (exact) mass is 1370 g/mol. The summed E-state index contributed by atoms with van der Waals surface area (Å²) >= 11 is 0. The Balaban J connectivity index is 4.47. The zero-order valence-corrected chi connectivity index (χ0v) is 61.1. The molecule has 0 rings (SSSR count). The molecule has 18 heteroatoms. The summed E-state index contributed by atoms with van der Waals surface area (Å²) in [5.74, 6) is -1.63. The van der Waals surface area contributed by atoms with Crippen molar-refractivity contribution < 1.29 is 75.8 Å². The molecule has 5 atom stereocenters. The Bertz CT molecular complexity index is 2210. The fourth-order valence-corrected chi connectivity index (χ4v) is 11.1. The lowest BCUT2D eigenvalue weighted by Crippen LogP contribution is -2.30. The Morgan fingerprint density at radius 2 is 0.568 bits per heavy atom. The quantitative estimate of drug-likeness (QED) is 0.0146. The van der Waals surface area contributed by atoms with Crippen LogP contribution in [0.5, 0.6) is 0 Å². The van der Waals surface area contributed by atoms with E-state index in [1.807, 2.05) is 0 Å². The molecular weight excluding hydrogens is 1240 g/mol. The molecule has 0 bridgehead atoms. The normalized spacial score (nSPS) is 14.8. The van der Waals surface area contributed by atoms with Crippen LogP contribution in [0.15, 0.2) is 122 Å². The first-order valence-electron chi connectivity index (χ1n) is 36.8. The maximum absolute atomic E-state index is 12.9. The molecule has 0 saturated carbocycles. The minimum Gasteiger partial charge on any atom is -0.463 e. The smallest absolute Gasteiger partial charge is 0.463 e. The molecule has 0 spiro atoms. The van der Waals surface area contributed by atoms with Crippen molar-refractivity contribution in [3.05, 3.63) is 122 Å². The van der Waals surface area contributed by atoms with Crippen LogP contribution in [0.3, 0.4) is 0 Å². The fraction of sp³-hybridized carbons (Fsp3) is 0.701. The summed E-state index contributed by atoms with van der Waals surface area (Å²) in [6.07, 6.45) is 81.3. The first-order valence-corrected chi connectivity index (χ1v) is 39.8. The molecule has 0 aliphatic heterocycles. The predicted molar refractivity (Wildman–Crippen MR) is 390 cm³/mol. The average Bonchev–Trinajstić information content (AvgIpc) is 2.86. The maximum atomic E-state index is 12.9. The van der Waals surface area contributed by atoms with Gasteiger partial charge in [-0.15, -0.1) is 0 Å². The third-order valence-electron chi connectivity index (χ3n) is 15.1. The zero-order valence-electron chi connectivity index (χ0n) is 59.3. The second kappa shape index (κ2) is 69.8. The number of hydrogen-bond donors (Lipinski definition) is 4. The molecule has 0 saturated heterocycles. The number of esters is 3. The Morgan fingerprint density at radius 3 is 0.937 bits per heavy atom. The predicted octanol–water partition coefficient (Wildman–Crippen LogP) is 21.0. The van der Waals surface area contributed by atoms with Gasteiger partial charge in [0.1, 0.15) is 25.4 Å². The second-order valence-corrected chi connectivity index (χ2v) is 27.3. The standard InChI is InChI=1S/C77H132O16P2/c1-4-7-10-13-16-19-22-24-26-28-30-31-32-33-34-35-36-37-38-39-41-43-44-46-49-51-54-57-60-63-75(80)87-66-72(78)67-89-94(83,84)90-68-73(79)69-91-95(85,86)92-71-74(93-77(82)65-62-59-56-53-48-21-18-15-12-9-6-3)70-88-76(81)64-61-58-55-52-50-47-45-42-40-29-27-25-23-20-17-14-11-8-5-2/h8,11,15-20,24-27,30-31,33-34,40,42,47,50,72-74,78-79H,4-7,9-10,12-14,21-23,28-29,32,35-39,41,43-46,48-49,51-71H2,1-3H3,(H,83,84)(H,85,86)/b11-8-,18-15-,19-16-,20-17-,26-24-,27-25-,31-30-,34-33-,42-40-,50-47-. The van der Waals surface area contributed by atoms with Gasteiger partial charge in [-0.05, 0) is 128 Å². The van der Waals surface area contributed by atoms with Crippen molar-refractivity contribution >= 4 is 33.6 Å². The van der Waals surface area contributed by atoms with Crippen molar-refractivity contribution in [3.8, 4) is 0 Å². The van der Waals surface area contributed by atoms with Crippen LogP contribution in [0.25, 0.3) is 0 Å². The number of aliphatic hydroxyl groups is 2. The molecule has 0 aliphatic carbocycles. The molecule has 16 nitrogen and oxygen atoms in total. The van der Waals surface area contributed by atoms with Gasteiger partial charge in [0.05, 0.1) is 26.4 Å². The van der Waals surface area contributed by atoms with Gasteiger partial charge in [0.15, 0.2) is 6.10 Å². The summed E-state index contributed by atoms with van der Waals surface area (Å²) in [7, 11) is -9.79. The summed E-state index contributed by atoms with van der Waals surface area (Å²) < 4.78 is 60.9. The lowest BCUT2D eigenvalue weighted by atomic mass is 10.0. The molecule has 0 aromatic heterocycles. The van der Waals surface area contributed by atoms with Crippen molar-refractivity contribution in [2.24, 2.45) is 0 Å². The lowest BCUT2D eigenvalue weighted by molar-refractivity contribution is -0.161. The van der Waals surface area contributed by atoms with Crippen LogP contribution >= 0.6 is 15.6 Å². The Hall–Kier alpha value is -4.05. The first-order chi connectivity index (χ1) is 46.2. The summed E-state index contributed by atoms with van der Waals surface area (Å²) in [4.78, 5) is 58.4. The van der Waals surface area contributed by atoms with E-state index in [4.69, 9.17) is 32.3 Å². The van der Waals surface area contributed by atoms with E-state index in [9.17, 15) is 43.5 Å². The number of ether oxygens (including phenoxy) is 3. The van der Waals surface area contributed by atoms with Crippen molar-refractivity contribution in [2.45, 2.75) is 309 Å². The molecule has 546 valence electrons. The van der Waals surface area contributed by atoms with Crippen molar-refractivity contribution in [2.75, 3.05) is 39.6 Å².